The molecular weight excluding hydrogens is 222 g/mol. The van der Waals surface area contributed by atoms with E-state index in [1.54, 1.807) is 0 Å². The Labute approximate surface area is 103 Å². The van der Waals surface area contributed by atoms with Gasteiger partial charge < -0.3 is 4.90 Å². The van der Waals surface area contributed by atoms with Crippen LogP contribution in [-0.4, -0.2) is 23.3 Å². The van der Waals surface area contributed by atoms with Gasteiger partial charge in [-0.3, -0.25) is 0 Å². The summed E-state index contributed by atoms with van der Waals surface area (Å²) in [6, 6.07) is 0. The maximum atomic E-state index is 5.95. The lowest BCUT2D eigenvalue weighted by molar-refractivity contribution is 0.714. The monoisotopic (exact) mass is 241 g/mol. The summed E-state index contributed by atoms with van der Waals surface area (Å²) >= 11 is 5.95. The maximum absolute atomic E-state index is 5.95. The van der Waals surface area contributed by atoms with Gasteiger partial charge >= 0.3 is 0 Å². The first kappa shape index (κ1) is 13.2. The number of anilines is 1. The molecule has 0 unspecified atom stereocenters. The van der Waals surface area contributed by atoms with E-state index in [-0.39, 0.29) is 0 Å². The van der Waals surface area contributed by atoms with Crippen LogP contribution >= 0.6 is 11.6 Å². The standard InChI is InChI=1S/C12H20ClN3/c1-5-7-8-16(6-2)12-10(4)9(3)11(13)14-15-12/h5-8H2,1-4H3. The number of nitrogens with zero attached hydrogens (tertiary/aromatic N) is 3. The second kappa shape index (κ2) is 6.04. The van der Waals surface area contributed by atoms with Gasteiger partial charge in [-0.05, 0) is 38.3 Å². The van der Waals surface area contributed by atoms with E-state index in [0.717, 1.165) is 30.0 Å². The van der Waals surface area contributed by atoms with Crippen molar-refractivity contribution in [1.82, 2.24) is 10.2 Å². The Kier molecular flexibility index (Phi) is 5.00. The Bertz CT molecular complexity index is 352. The average molecular weight is 242 g/mol. The smallest absolute Gasteiger partial charge is 0.155 e. The third kappa shape index (κ3) is 2.85. The average Bonchev–Trinajstić information content (AvgIpc) is 2.29. The summed E-state index contributed by atoms with van der Waals surface area (Å²) in [5.74, 6) is 0.970. The van der Waals surface area contributed by atoms with Gasteiger partial charge in [0, 0.05) is 13.1 Å². The van der Waals surface area contributed by atoms with Crippen molar-refractivity contribution >= 4 is 17.4 Å². The van der Waals surface area contributed by atoms with E-state index in [4.69, 9.17) is 11.6 Å². The molecule has 0 fully saturated rings. The highest BCUT2D eigenvalue weighted by Crippen LogP contribution is 2.23. The molecule has 0 amide bonds. The van der Waals surface area contributed by atoms with Gasteiger partial charge in [0.2, 0.25) is 0 Å². The summed E-state index contributed by atoms with van der Waals surface area (Å²) in [6.07, 6.45) is 2.37. The second-order valence-electron chi connectivity index (χ2n) is 4.00. The summed E-state index contributed by atoms with van der Waals surface area (Å²) in [5, 5.41) is 8.70. The van der Waals surface area contributed by atoms with Crippen molar-refractivity contribution in [3.63, 3.8) is 0 Å². The Hall–Kier alpha value is -0.830. The molecule has 0 spiro atoms. The van der Waals surface area contributed by atoms with Crippen LogP contribution in [0.3, 0.4) is 0 Å². The van der Waals surface area contributed by atoms with Gasteiger partial charge in [-0.2, -0.15) is 0 Å². The molecule has 1 aromatic heterocycles. The number of hydrogen-bond donors (Lipinski definition) is 0. The van der Waals surface area contributed by atoms with Crippen LogP contribution in [0.4, 0.5) is 5.82 Å². The lowest BCUT2D eigenvalue weighted by atomic mass is 10.2. The SMILES string of the molecule is CCCCN(CC)c1nnc(Cl)c(C)c1C. The molecule has 0 aliphatic carbocycles. The summed E-state index contributed by atoms with van der Waals surface area (Å²) in [6.45, 7) is 10.4. The minimum atomic E-state index is 0.507. The number of unbranched alkanes of at least 4 members (excludes halogenated alkanes) is 1. The lowest BCUT2D eigenvalue weighted by Gasteiger charge is -2.23. The van der Waals surface area contributed by atoms with Crippen LogP contribution in [-0.2, 0) is 0 Å². The molecule has 1 heterocycles. The Morgan fingerprint density at radius 2 is 1.81 bits per heavy atom. The third-order valence-corrected chi connectivity index (χ3v) is 3.26. The molecule has 0 atom stereocenters. The van der Waals surface area contributed by atoms with E-state index >= 15 is 0 Å². The summed E-state index contributed by atoms with van der Waals surface area (Å²) in [5.41, 5.74) is 2.17. The van der Waals surface area contributed by atoms with Crippen molar-refractivity contribution in [2.75, 3.05) is 18.0 Å². The zero-order valence-electron chi connectivity index (χ0n) is 10.5. The zero-order valence-corrected chi connectivity index (χ0v) is 11.3. The van der Waals surface area contributed by atoms with Crippen LogP contribution in [0.15, 0.2) is 0 Å². The quantitative estimate of drug-likeness (QED) is 0.792. The van der Waals surface area contributed by atoms with Crippen molar-refractivity contribution in [2.24, 2.45) is 0 Å². The molecule has 0 N–H and O–H groups in total. The molecule has 0 saturated carbocycles. The van der Waals surface area contributed by atoms with Crippen molar-refractivity contribution in [3.05, 3.63) is 16.3 Å². The minimum absolute atomic E-state index is 0.507. The Balaban J connectivity index is 2.96. The zero-order chi connectivity index (χ0) is 12.1. The fourth-order valence-electron chi connectivity index (χ4n) is 1.63. The minimum Gasteiger partial charge on any atom is -0.355 e. The first-order valence-electron chi connectivity index (χ1n) is 5.86. The highest BCUT2D eigenvalue weighted by molar-refractivity contribution is 6.30. The molecule has 3 nitrogen and oxygen atoms in total. The molecular formula is C12H20ClN3. The molecule has 16 heavy (non-hydrogen) atoms. The normalized spacial score (nSPS) is 10.6. The van der Waals surface area contributed by atoms with Gasteiger partial charge in [0.25, 0.3) is 0 Å². The van der Waals surface area contributed by atoms with Crippen LogP contribution in [0.25, 0.3) is 0 Å². The summed E-state index contributed by atoms with van der Waals surface area (Å²) in [7, 11) is 0. The van der Waals surface area contributed by atoms with Crippen molar-refractivity contribution in [2.45, 2.75) is 40.5 Å². The number of rotatable bonds is 5. The van der Waals surface area contributed by atoms with E-state index < -0.39 is 0 Å². The summed E-state index contributed by atoms with van der Waals surface area (Å²) in [4.78, 5) is 2.26. The van der Waals surface area contributed by atoms with Gasteiger partial charge in [0.05, 0.1) is 0 Å². The van der Waals surface area contributed by atoms with Crippen LogP contribution < -0.4 is 4.90 Å². The van der Waals surface area contributed by atoms with Crippen molar-refractivity contribution in [3.8, 4) is 0 Å². The van der Waals surface area contributed by atoms with Crippen molar-refractivity contribution < 1.29 is 0 Å². The van der Waals surface area contributed by atoms with E-state index in [1.807, 2.05) is 6.92 Å². The van der Waals surface area contributed by atoms with Crippen LogP contribution in [0.2, 0.25) is 5.15 Å². The first-order valence-corrected chi connectivity index (χ1v) is 6.23. The second-order valence-corrected chi connectivity index (χ2v) is 4.36. The maximum Gasteiger partial charge on any atom is 0.155 e. The van der Waals surface area contributed by atoms with Crippen LogP contribution in [0.1, 0.15) is 37.8 Å². The van der Waals surface area contributed by atoms with E-state index in [9.17, 15) is 0 Å². The van der Waals surface area contributed by atoms with Crippen LogP contribution in [0, 0.1) is 13.8 Å². The topological polar surface area (TPSA) is 29.0 Å². The molecule has 1 aromatic rings. The Morgan fingerprint density at radius 3 is 2.38 bits per heavy atom. The summed E-state index contributed by atoms with van der Waals surface area (Å²) < 4.78 is 0. The fourth-order valence-corrected chi connectivity index (χ4v) is 1.81. The molecule has 0 radical (unpaired) electrons. The van der Waals surface area contributed by atoms with Gasteiger partial charge in [0.1, 0.15) is 0 Å². The predicted molar refractivity (Wildman–Crippen MR) is 69.3 cm³/mol. The molecule has 4 heteroatoms. The highest BCUT2D eigenvalue weighted by atomic mass is 35.5. The number of halogens is 1. The van der Waals surface area contributed by atoms with Gasteiger partial charge in [-0.15, -0.1) is 10.2 Å². The van der Waals surface area contributed by atoms with Crippen LogP contribution in [0.5, 0.6) is 0 Å². The van der Waals surface area contributed by atoms with E-state index in [0.29, 0.717) is 5.15 Å². The number of hydrogen-bond acceptors (Lipinski definition) is 3. The number of aromatic nitrogens is 2. The van der Waals surface area contributed by atoms with E-state index in [1.165, 1.54) is 12.8 Å². The molecule has 0 bridgehead atoms. The van der Waals surface area contributed by atoms with Gasteiger partial charge in [-0.25, -0.2) is 0 Å². The van der Waals surface area contributed by atoms with Crippen molar-refractivity contribution in [1.29, 1.82) is 0 Å². The first-order chi connectivity index (χ1) is 7.61. The molecule has 1 rings (SSSR count). The molecule has 0 aromatic carbocycles. The fraction of sp³-hybridized carbons (Fsp3) is 0.667. The highest BCUT2D eigenvalue weighted by Gasteiger charge is 2.13. The lowest BCUT2D eigenvalue weighted by Crippen LogP contribution is -2.26. The molecule has 0 aliphatic rings. The predicted octanol–water partition coefficient (Wildman–Crippen LogP) is 3.37. The third-order valence-electron chi connectivity index (χ3n) is 2.90. The van der Waals surface area contributed by atoms with E-state index in [2.05, 4.69) is 35.9 Å². The molecule has 90 valence electrons. The van der Waals surface area contributed by atoms with Gasteiger partial charge in [0.15, 0.2) is 11.0 Å². The molecule has 0 aliphatic heterocycles. The largest absolute Gasteiger partial charge is 0.355 e. The molecule has 0 saturated heterocycles. The van der Waals surface area contributed by atoms with Gasteiger partial charge in [-0.1, -0.05) is 24.9 Å². The Morgan fingerprint density at radius 1 is 1.12 bits per heavy atom.